The normalized spacial score (nSPS) is 18.3. The molecule has 0 aromatic carbocycles. The van der Waals surface area contributed by atoms with Gasteiger partial charge >= 0.3 is 0 Å². The standard InChI is InChI=1S/C17H20BrN7O/c1-11-6-4-3-5-7-24(11)17(26)12-8-14(13-10-19-23(2)21-13)25-16(20-12)9-15(18)22-25/h8-11H,3-7H2,1-2H3/t11-/m1/s1. The summed E-state index contributed by atoms with van der Waals surface area (Å²) < 4.78 is 2.33. The minimum Gasteiger partial charge on any atom is -0.335 e. The number of hydrogen-bond acceptors (Lipinski definition) is 5. The van der Waals surface area contributed by atoms with E-state index in [0.29, 0.717) is 27.3 Å². The molecule has 0 unspecified atom stereocenters. The molecular weight excluding hydrogens is 398 g/mol. The minimum atomic E-state index is -0.0376. The molecule has 4 rings (SSSR count). The Hall–Kier alpha value is -2.29. The highest BCUT2D eigenvalue weighted by Crippen LogP contribution is 2.24. The van der Waals surface area contributed by atoms with Crippen molar-refractivity contribution in [2.75, 3.05) is 6.54 Å². The van der Waals surface area contributed by atoms with Crippen molar-refractivity contribution in [2.24, 2.45) is 7.05 Å². The van der Waals surface area contributed by atoms with E-state index in [0.717, 1.165) is 25.8 Å². The summed E-state index contributed by atoms with van der Waals surface area (Å²) in [5.74, 6) is -0.0376. The van der Waals surface area contributed by atoms with Crippen LogP contribution in [-0.4, -0.2) is 53.0 Å². The Labute approximate surface area is 159 Å². The number of carbonyl (C=O) groups is 1. The fraction of sp³-hybridized carbons (Fsp3) is 0.471. The van der Waals surface area contributed by atoms with Crippen LogP contribution in [0, 0.1) is 0 Å². The Morgan fingerprint density at radius 1 is 1.23 bits per heavy atom. The highest BCUT2D eigenvalue weighted by atomic mass is 79.9. The summed E-state index contributed by atoms with van der Waals surface area (Å²) >= 11 is 3.39. The molecule has 3 aromatic rings. The van der Waals surface area contributed by atoms with Crippen molar-refractivity contribution in [3.63, 3.8) is 0 Å². The molecule has 1 aliphatic rings. The first-order valence-corrected chi connectivity index (χ1v) is 9.56. The van der Waals surface area contributed by atoms with E-state index in [1.54, 1.807) is 29.9 Å². The van der Waals surface area contributed by atoms with E-state index in [-0.39, 0.29) is 11.9 Å². The van der Waals surface area contributed by atoms with Gasteiger partial charge in [0.15, 0.2) is 5.65 Å². The molecule has 9 heteroatoms. The number of fused-ring (bicyclic) bond motifs is 1. The van der Waals surface area contributed by atoms with E-state index >= 15 is 0 Å². The molecule has 0 spiro atoms. The summed E-state index contributed by atoms with van der Waals surface area (Å²) in [4.78, 5) is 21.2. The number of hydrogen-bond donors (Lipinski definition) is 0. The van der Waals surface area contributed by atoms with Crippen LogP contribution in [0.25, 0.3) is 17.0 Å². The van der Waals surface area contributed by atoms with Gasteiger partial charge in [0, 0.05) is 25.7 Å². The highest BCUT2D eigenvalue weighted by molar-refractivity contribution is 9.10. The molecule has 0 aliphatic carbocycles. The summed E-state index contributed by atoms with van der Waals surface area (Å²) in [6, 6.07) is 3.78. The monoisotopic (exact) mass is 417 g/mol. The zero-order chi connectivity index (χ0) is 18.3. The molecule has 26 heavy (non-hydrogen) atoms. The van der Waals surface area contributed by atoms with E-state index in [9.17, 15) is 4.79 Å². The van der Waals surface area contributed by atoms with Crippen LogP contribution in [0.15, 0.2) is 22.9 Å². The largest absolute Gasteiger partial charge is 0.335 e. The Morgan fingerprint density at radius 2 is 2.08 bits per heavy atom. The summed E-state index contributed by atoms with van der Waals surface area (Å²) in [7, 11) is 1.76. The molecule has 3 aromatic heterocycles. The van der Waals surface area contributed by atoms with Crippen LogP contribution < -0.4 is 0 Å². The molecule has 4 heterocycles. The Bertz CT molecular complexity index is 963. The third-order valence-corrected chi connectivity index (χ3v) is 5.18. The van der Waals surface area contributed by atoms with Crippen molar-refractivity contribution < 1.29 is 4.79 Å². The average Bonchev–Trinajstić information content (AvgIpc) is 3.14. The summed E-state index contributed by atoms with van der Waals surface area (Å²) in [5, 5.41) is 12.9. The molecule has 1 fully saturated rings. The molecule has 136 valence electrons. The topological polar surface area (TPSA) is 81.2 Å². The van der Waals surface area contributed by atoms with E-state index in [1.165, 1.54) is 11.2 Å². The number of carbonyl (C=O) groups excluding carboxylic acids is 1. The number of aromatic nitrogens is 6. The lowest BCUT2D eigenvalue weighted by Gasteiger charge is -2.27. The Balaban J connectivity index is 1.81. The molecule has 0 N–H and O–H groups in total. The molecule has 1 saturated heterocycles. The number of nitrogens with zero attached hydrogens (tertiary/aromatic N) is 7. The number of amides is 1. The van der Waals surface area contributed by atoms with Crippen LogP contribution in [0.5, 0.6) is 0 Å². The predicted molar refractivity (Wildman–Crippen MR) is 99.7 cm³/mol. The van der Waals surface area contributed by atoms with Crippen LogP contribution in [-0.2, 0) is 7.05 Å². The van der Waals surface area contributed by atoms with E-state index in [4.69, 9.17) is 0 Å². The highest BCUT2D eigenvalue weighted by Gasteiger charge is 2.26. The number of rotatable bonds is 2. The van der Waals surface area contributed by atoms with Crippen LogP contribution in [0.3, 0.4) is 0 Å². The Morgan fingerprint density at radius 3 is 2.85 bits per heavy atom. The Kier molecular flexibility index (Phi) is 4.47. The first-order valence-electron chi connectivity index (χ1n) is 8.77. The van der Waals surface area contributed by atoms with Gasteiger partial charge in [0.25, 0.3) is 5.91 Å². The molecule has 1 amide bonds. The van der Waals surface area contributed by atoms with Gasteiger partial charge in [-0.3, -0.25) is 4.79 Å². The van der Waals surface area contributed by atoms with Crippen LogP contribution in [0.2, 0.25) is 0 Å². The van der Waals surface area contributed by atoms with Crippen molar-refractivity contribution in [1.82, 2.24) is 34.5 Å². The van der Waals surface area contributed by atoms with Crippen molar-refractivity contribution in [2.45, 2.75) is 38.6 Å². The third-order valence-electron chi connectivity index (χ3n) is 4.79. The zero-order valence-electron chi connectivity index (χ0n) is 14.8. The molecule has 1 atom stereocenters. The second kappa shape index (κ2) is 6.79. The van der Waals surface area contributed by atoms with Gasteiger partial charge in [-0.05, 0) is 41.8 Å². The van der Waals surface area contributed by atoms with Gasteiger partial charge in [-0.15, -0.1) is 0 Å². The molecule has 0 radical (unpaired) electrons. The number of halogens is 1. The maximum absolute atomic E-state index is 13.2. The summed E-state index contributed by atoms with van der Waals surface area (Å²) in [5.41, 5.74) is 2.36. The second-order valence-electron chi connectivity index (χ2n) is 6.68. The van der Waals surface area contributed by atoms with Crippen LogP contribution in [0.4, 0.5) is 0 Å². The molecule has 8 nitrogen and oxygen atoms in total. The van der Waals surface area contributed by atoms with E-state index in [2.05, 4.69) is 43.1 Å². The molecule has 0 saturated carbocycles. The third kappa shape index (κ3) is 3.11. The predicted octanol–water partition coefficient (Wildman–Crippen LogP) is 2.69. The van der Waals surface area contributed by atoms with Gasteiger partial charge in [-0.25, -0.2) is 9.50 Å². The zero-order valence-corrected chi connectivity index (χ0v) is 16.3. The first-order chi connectivity index (χ1) is 12.5. The lowest BCUT2D eigenvalue weighted by Crippen LogP contribution is -2.38. The van der Waals surface area contributed by atoms with Crippen LogP contribution in [0.1, 0.15) is 43.1 Å². The quantitative estimate of drug-likeness (QED) is 0.639. The maximum Gasteiger partial charge on any atom is 0.272 e. The van der Waals surface area contributed by atoms with Crippen molar-refractivity contribution in [3.05, 3.63) is 28.6 Å². The van der Waals surface area contributed by atoms with Gasteiger partial charge in [0.1, 0.15) is 16.0 Å². The van der Waals surface area contributed by atoms with Crippen molar-refractivity contribution in [1.29, 1.82) is 0 Å². The molecule has 1 aliphatic heterocycles. The van der Waals surface area contributed by atoms with Gasteiger partial charge in [0.2, 0.25) is 0 Å². The van der Waals surface area contributed by atoms with E-state index in [1.807, 2.05) is 4.90 Å². The molecular formula is C17H20BrN7O. The van der Waals surface area contributed by atoms with Crippen LogP contribution >= 0.6 is 15.9 Å². The molecule has 0 bridgehead atoms. The number of aryl methyl sites for hydroxylation is 1. The average molecular weight is 418 g/mol. The van der Waals surface area contributed by atoms with Gasteiger partial charge < -0.3 is 4.90 Å². The van der Waals surface area contributed by atoms with Crippen molar-refractivity contribution >= 4 is 27.5 Å². The summed E-state index contributed by atoms with van der Waals surface area (Å²) in [6.07, 6.45) is 6.06. The van der Waals surface area contributed by atoms with Gasteiger partial charge in [-0.1, -0.05) is 12.8 Å². The fourth-order valence-corrected chi connectivity index (χ4v) is 3.79. The minimum absolute atomic E-state index is 0.0376. The lowest BCUT2D eigenvalue weighted by molar-refractivity contribution is 0.0692. The first kappa shape index (κ1) is 17.1. The lowest BCUT2D eigenvalue weighted by atomic mass is 10.1. The van der Waals surface area contributed by atoms with Gasteiger partial charge in [0.05, 0.1) is 11.9 Å². The second-order valence-corrected chi connectivity index (χ2v) is 7.49. The summed E-state index contributed by atoms with van der Waals surface area (Å²) in [6.45, 7) is 2.89. The maximum atomic E-state index is 13.2. The van der Waals surface area contributed by atoms with E-state index < -0.39 is 0 Å². The van der Waals surface area contributed by atoms with Crippen molar-refractivity contribution in [3.8, 4) is 11.4 Å². The fourth-order valence-electron chi connectivity index (χ4n) is 3.43. The SMILES string of the molecule is C[C@@H]1CCCCCN1C(=O)c1cc(-c2cnn(C)n2)n2nc(Br)cc2n1. The number of likely N-dealkylation sites (tertiary alicyclic amines) is 1. The van der Waals surface area contributed by atoms with Gasteiger partial charge in [-0.2, -0.15) is 20.1 Å². The smallest absolute Gasteiger partial charge is 0.272 e.